The van der Waals surface area contributed by atoms with Crippen LogP contribution in [0.4, 0.5) is 0 Å². The summed E-state index contributed by atoms with van der Waals surface area (Å²) in [6.07, 6.45) is 1.43. The summed E-state index contributed by atoms with van der Waals surface area (Å²) in [7, 11) is 0. The monoisotopic (exact) mass is 314 g/mol. The van der Waals surface area contributed by atoms with Gasteiger partial charge < -0.3 is 15.5 Å². The number of rotatable bonds is 5. The maximum Gasteiger partial charge on any atom is 0.242 e. The summed E-state index contributed by atoms with van der Waals surface area (Å²) in [5.74, 6) is -0.771. The average Bonchev–Trinajstić information content (AvgIpc) is 2.59. The van der Waals surface area contributed by atoms with Crippen LogP contribution in [0.5, 0.6) is 0 Å². The fourth-order valence-corrected chi connectivity index (χ4v) is 2.58. The predicted octanol–water partition coefficient (Wildman–Crippen LogP) is -0.355. The Morgan fingerprint density at radius 1 is 1.30 bits per heavy atom. The number of piperazine rings is 1. The van der Waals surface area contributed by atoms with Crippen LogP contribution in [0.15, 0.2) is 24.3 Å². The van der Waals surface area contributed by atoms with E-state index in [1.807, 2.05) is 18.2 Å². The average molecular weight is 314 g/mol. The first-order valence-electron chi connectivity index (χ1n) is 7.32. The van der Waals surface area contributed by atoms with E-state index in [0.29, 0.717) is 31.5 Å². The SMILES string of the molecule is N#Cc1ccc(CCC(=O)N2CCN(C=O)CC2C(N)=O)cc1. The van der Waals surface area contributed by atoms with Crippen molar-refractivity contribution >= 4 is 18.2 Å². The van der Waals surface area contributed by atoms with Crippen molar-refractivity contribution in [3.8, 4) is 6.07 Å². The molecule has 1 aromatic carbocycles. The van der Waals surface area contributed by atoms with E-state index in [9.17, 15) is 14.4 Å². The van der Waals surface area contributed by atoms with Gasteiger partial charge in [-0.3, -0.25) is 14.4 Å². The number of nitrogens with zero attached hydrogens (tertiary/aromatic N) is 3. The van der Waals surface area contributed by atoms with E-state index in [0.717, 1.165) is 5.56 Å². The zero-order valence-electron chi connectivity index (χ0n) is 12.6. The molecule has 3 amide bonds. The van der Waals surface area contributed by atoms with Gasteiger partial charge in [0, 0.05) is 26.1 Å². The molecule has 1 aromatic rings. The number of amides is 3. The standard InChI is InChI=1S/C16H18N4O3/c17-9-13-3-1-12(2-4-13)5-6-15(22)20-8-7-19(11-21)10-14(20)16(18)23/h1-4,11,14H,5-8,10H2,(H2,18,23). The number of nitriles is 1. The second-order valence-corrected chi connectivity index (χ2v) is 5.41. The van der Waals surface area contributed by atoms with Gasteiger partial charge in [-0.05, 0) is 24.1 Å². The van der Waals surface area contributed by atoms with E-state index in [1.54, 1.807) is 12.1 Å². The lowest BCUT2D eigenvalue weighted by Gasteiger charge is -2.38. The molecule has 0 radical (unpaired) electrons. The van der Waals surface area contributed by atoms with Crippen molar-refractivity contribution in [3.63, 3.8) is 0 Å². The molecule has 1 saturated heterocycles. The third-order valence-electron chi connectivity index (χ3n) is 3.92. The molecule has 2 N–H and O–H groups in total. The van der Waals surface area contributed by atoms with Gasteiger partial charge in [0.25, 0.3) is 0 Å². The fraction of sp³-hybridized carbons (Fsp3) is 0.375. The molecular weight excluding hydrogens is 296 g/mol. The molecule has 7 nitrogen and oxygen atoms in total. The molecule has 0 aromatic heterocycles. The number of hydrogen-bond acceptors (Lipinski definition) is 4. The van der Waals surface area contributed by atoms with Crippen molar-refractivity contribution in [2.45, 2.75) is 18.9 Å². The van der Waals surface area contributed by atoms with Gasteiger partial charge in [-0.15, -0.1) is 0 Å². The van der Waals surface area contributed by atoms with E-state index in [4.69, 9.17) is 11.0 Å². The smallest absolute Gasteiger partial charge is 0.242 e. The second kappa shape index (κ2) is 7.40. The zero-order chi connectivity index (χ0) is 16.8. The highest BCUT2D eigenvalue weighted by Gasteiger charge is 2.33. The first kappa shape index (κ1) is 16.5. The van der Waals surface area contributed by atoms with Crippen molar-refractivity contribution in [2.75, 3.05) is 19.6 Å². The minimum Gasteiger partial charge on any atom is -0.368 e. The minimum atomic E-state index is -0.776. The van der Waals surface area contributed by atoms with Crippen molar-refractivity contribution in [3.05, 3.63) is 35.4 Å². The van der Waals surface area contributed by atoms with Gasteiger partial charge in [0.1, 0.15) is 6.04 Å². The molecule has 1 fully saturated rings. The van der Waals surface area contributed by atoms with Crippen LogP contribution in [0.2, 0.25) is 0 Å². The van der Waals surface area contributed by atoms with Crippen molar-refractivity contribution in [1.29, 1.82) is 5.26 Å². The van der Waals surface area contributed by atoms with Crippen LogP contribution in [-0.2, 0) is 20.8 Å². The van der Waals surface area contributed by atoms with Crippen LogP contribution in [0.1, 0.15) is 17.5 Å². The number of primary amides is 1. The van der Waals surface area contributed by atoms with Gasteiger partial charge in [0.2, 0.25) is 18.2 Å². The Labute approximate surface area is 134 Å². The Balaban J connectivity index is 1.97. The van der Waals surface area contributed by atoms with Gasteiger partial charge in [-0.1, -0.05) is 12.1 Å². The van der Waals surface area contributed by atoms with Crippen LogP contribution in [0.25, 0.3) is 0 Å². The third kappa shape index (κ3) is 4.07. The molecule has 2 rings (SSSR count). The Hall–Kier alpha value is -2.88. The molecule has 0 saturated carbocycles. The molecule has 7 heteroatoms. The highest BCUT2D eigenvalue weighted by atomic mass is 16.2. The van der Waals surface area contributed by atoms with Crippen LogP contribution in [-0.4, -0.2) is 53.7 Å². The maximum absolute atomic E-state index is 12.4. The molecule has 1 unspecified atom stereocenters. The lowest BCUT2D eigenvalue weighted by Crippen LogP contribution is -2.59. The van der Waals surface area contributed by atoms with Crippen LogP contribution < -0.4 is 5.73 Å². The summed E-state index contributed by atoms with van der Waals surface area (Å²) >= 11 is 0. The highest BCUT2D eigenvalue weighted by molar-refractivity contribution is 5.87. The molecule has 23 heavy (non-hydrogen) atoms. The molecule has 1 aliphatic heterocycles. The van der Waals surface area contributed by atoms with Gasteiger partial charge in [-0.2, -0.15) is 5.26 Å². The van der Waals surface area contributed by atoms with Crippen LogP contribution >= 0.6 is 0 Å². The molecule has 1 aliphatic rings. The molecule has 120 valence electrons. The quantitative estimate of drug-likeness (QED) is 0.749. The predicted molar refractivity (Wildman–Crippen MR) is 81.8 cm³/mol. The molecule has 1 atom stereocenters. The summed E-state index contributed by atoms with van der Waals surface area (Å²) in [6.45, 7) is 0.843. The van der Waals surface area contributed by atoms with Crippen LogP contribution in [0, 0.1) is 11.3 Å². The van der Waals surface area contributed by atoms with Gasteiger partial charge in [0.05, 0.1) is 11.6 Å². The van der Waals surface area contributed by atoms with Crippen LogP contribution in [0.3, 0.4) is 0 Å². The number of hydrogen-bond donors (Lipinski definition) is 1. The maximum atomic E-state index is 12.4. The topological polar surface area (TPSA) is 108 Å². The lowest BCUT2D eigenvalue weighted by molar-refractivity contribution is -0.144. The fourth-order valence-electron chi connectivity index (χ4n) is 2.58. The van der Waals surface area contributed by atoms with Crippen molar-refractivity contribution in [1.82, 2.24) is 9.80 Å². The number of carbonyl (C=O) groups is 3. The van der Waals surface area contributed by atoms with Crippen molar-refractivity contribution < 1.29 is 14.4 Å². The normalized spacial score (nSPS) is 17.4. The summed E-state index contributed by atoms with van der Waals surface area (Å²) < 4.78 is 0. The number of carbonyl (C=O) groups excluding carboxylic acids is 3. The first-order chi connectivity index (χ1) is 11.0. The molecule has 0 spiro atoms. The van der Waals surface area contributed by atoms with Crippen molar-refractivity contribution in [2.24, 2.45) is 5.73 Å². The highest BCUT2D eigenvalue weighted by Crippen LogP contribution is 2.13. The second-order valence-electron chi connectivity index (χ2n) is 5.41. The summed E-state index contributed by atoms with van der Waals surface area (Å²) in [4.78, 5) is 37.6. The van der Waals surface area contributed by atoms with E-state index < -0.39 is 11.9 Å². The Bertz CT molecular complexity index is 636. The van der Waals surface area contributed by atoms with Gasteiger partial charge in [0.15, 0.2) is 0 Å². The Morgan fingerprint density at radius 2 is 2.00 bits per heavy atom. The number of aryl methyl sites for hydroxylation is 1. The molecule has 0 bridgehead atoms. The van der Waals surface area contributed by atoms with E-state index in [1.165, 1.54) is 9.80 Å². The number of nitrogens with two attached hydrogens (primary N) is 1. The number of benzene rings is 1. The van der Waals surface area contributed by atoms with E-state index >= 15 is 0 Å². The lowest BCUT2D eigenvalue weighted by atomic mass is 10.1. The molecule has 1 heterocycles. The Kier molecular flexibility index (Phi) is 5.31. The summed E-state index contributed by atoms with van der Waals surface area (Å²) in [6, 6.07) is 8.28. The minimum absolute atomic E-state index is 0.140. The van der Waals surface area contributed by atoms with Gasteiger partial charge >= 0.3 is 0 Å². The van der Waals surface area contributed by atoms with Gasteiger partial charge in [-0.25, -0.2) is 0 Å². The van der Waals surface area contributed by atoms with E-state index in [-0.39, 0.29) is 18.9 Å². The zero-order valence-corrected chi connectivity index (χ0v) is 12.6. The molecular formula is C16H18N4O3. The largest absolute Gasteiger partial charge is 0.368 e. The molecule has 0 aliphatic carbocycles. The summed E-state index contributed by atoms with van der Waals surface area (Å²) in [5.41, 5.74) is 6.86. The van der Waals surface area contributed by atoms with E-state index in [2.05, 4.69) is 0 Å². The first-order valence-corrected chi connectivity index (χ1v) is 7.32. The third-order valence-corrected chi connectivity index (χ3v) is 3.92. The Morgan fingerprint density at radius 3 is 2.57 bits per heavy atom. The summed E-state index contributed by atoms with van der Waals surface area (Å²) in [5, 5.41) is 8.76.